The number of allylic oxidation sites excluding steroid dienone is 1. The lowest BCUT2D eigenvalue weighted by atomic mass is 10.1. The van der Waals surface area contributed by atoms with Gasteiger partial charge in [0.1, 0.15) is 5.82 Å². The first kappa shape index (κ1) is 6.40. The fourth-order valence-electron chi connectivity index (χ4n) is 1.24. The van der Waals surface area contributed by atoms with Crippen molar-refractivity contribution in [2.24, 2.45) is 0 Å². The van der Waals surface area contributed by atoms with Crippen molar-refractivity contribution in [1.29, 1.82) is 0 Å². The lowest BCUT2D eigenvalue weighted by Gasteiger charge is -2.11. The second kappa shape index (κ2) is 2.38. The average molecular weight is 146 g/mol. The molecule has 0 amide bonds. The Kier molecular flexibility index (Phi) is 1.39. The number of hydrogen-bond donors (Lipinski definition) is 1. The zero-order chi connectivity index (χ0) is 7.68. The second-order valence-electron chi connectivity index (χ2n) is 2.77. The Balaban J connectivity index is 2.48. The highest BCUT2D eigenvalue weighted by molar-refractivity contribution is 5.50. The minimum absolute atomic E-state index is 0.997. The second-order valence-corrected chi connectivity index (χ2v) is 2.77. The number of pyridine rings is 1. The molecule has 1 aliphatic heterocycles. The Labute approximate surface area is 66.0 Å². The molecule has 0 aliphatic carbocycles. The van der Waals surface area contributed by atoms with Crippen LogP contribution in [0.4, 0.5) is 5.82 Å². The first-order chi connectivity index (χ1) is 5.36. The number of aromatic nitrogens is 1. The van der Waals surface area contributed by atoms with Gasteiger partial charge in [-0.1, -0.05) is 12.1 Å². The van der Waals surface area contributed by atoms with E-state index in [0.717, 1.165) is 12.2 Å². The Morgan fingerprint density at radius 2 is 2.45 bits per heavy atom. The van der Waals surface area contributed by atoms with Crippen LogP contribution in [-0.2, 0) is 6.42 Å². The van der Waals surface area contributed by atoms with Crippen LogP contribution in [-0.4, -0.2) is 4.98 Å². The van der Waals surface area contributed by atoms with Gasteiger partial charge in [0.05, 0.1) is 0 Å². The standard InChI is InChI=1S/C9H10N2/c1-7-5-8-3-2-4-10-9(8)11-6-7/h2,4-6H,3H2,1H3,(H,10,11). The predicted octanol–water partition coefficient (Wildman–Crippen LogP) is 1.87. The molecule has 0 atom stereocenters. The van der Waals surface area contributed by atoms with E-state index in [-0.39, 0.29) is 0 Å². The molecule has 56 valence electrons. The minimum Gasteiger partial charge on any atom is -0.347 e. The molecule has 1 aromatic heterocycles. The van der Waals surface area contributed by atoms with Crippen LogP contribution < -0.4 is 5.32 Å². The van der Waals surface area contributed by atoms with Gasteiger partial charge in [-0.25, -0.2) is 4.98 Å². The molecule has 2 heteroatoms. The van der Waals surface area contributed by atoms with Gasteiger partial charge in [-0.15, -0.1) is 0 Å². The lowest BCUT2D eigenvalue weighted by Crippen LogP contribution is -2.02. The van der Waals surface area contributed by atoms with Crippen LogP contribution >= 0.6 is 0 Å². The van der Waals surface area contributed by atoms with E-state index in [0.29, 0.717) is 0 Å². The molecule has 1 aromatic rings. The van der Waals surface area contributed by atoms with Crippen LogP contribution in [0.25, 0.3) is 0 Å². The Morgan fingerprint density at radius 1 is 1.55 bits per heavy atom. The number of nitrogens with zero attached hydrogens (tertiary/aromatic N) is 1. The first-order valence-corrected chi connectivity index (χ1v) is 3.73. The number of fused-ring (bicyclic) bond motifs is 1. The smallest absolute Gasteiger partial charge is 0.133 e. The van der Waals surface area contributed by atoms with Crippen LogP contribution in [0, 0.1) is 6.92 Å². The maximum Gasteiger partial charge on any atom is 0.133 e. The summed E-state index contributed by atoms with van der Waals surface area (Å²) in [4.78, 5) is 4.26. The van der Waals surface area contributed by atoms with E-state index in [2.05, 4.69) is 29.4 Å². The van der Waals surface area contributed by atoms with Gasteiger partial charge in [-0.2, -0.15) is 0 Å². The van der Waals surface area contributed by atoms with E-state index in [9.17, 15) is 0 Å². The highest BCUT2D eigenvalue weighted by Gasteiger charge is 2.03. The molecule has 0 aromatic carbocycles. The molecule has 1 N–H and O–H groups in total. The van der Waals surface area contributed by atoms with Gasteiger partial charge >= 0.3 is 0 Å². The number of aryl methyl sites for hydroxylation is 1. The molecule has 0 unspecified atom stereocenters. The molecule has 0 bridgehead atoms. The topological polar surface area (TPSA) is 24.9 Å². The number of rotatable bonds is 0. The molecule has 11 heavy (non-hydrogen) atoms. The summed E-state index contributed by atoms with van der Waals surface area (Å²) in [5.41, 5.74) is 2.51. The van der Waals surface area contributed by atoms with E-state index in [1.807, 2.05) is 12.4 Å². The van der Waals surface area contributed by atoms with E-state index >= 15 is 0 Å². The fraction of sp³-hybridized carbons (Fsp3) is 0.222. The van der Waals surface area contributed by atoms with Crippen LogP contribution in [0.1, 0.15) is 11.1 Å². The van der Waals surface area contributed by atoms with Crippen LogP contribution in [0.15, 0.2) is 24.5 Å². The molecule has 2 nitrogen and oxygen atoms in total. The number of hydrogen-bond acceptors (Lipinski definition) is 2. The molecule has 0 fully saturated rings. The Hall–Kier alpha value is -1.31. The molecule has 0 spiro atoms. The van der Waals surface area contributed by atoms with Crippen LogP contribution in [0.2, 0.25) is 0 Å². The summed E-state index contributed by atoms with van der Waals surface area (Å²) in [5.74, 6) is 0.998. The summed E-state index contributed by atoms with van der Waals surface area (Å²) in [6.45, 7) is 2.06. The molecule has 0 radical (unpaired) electrons. The van der Waals surface area contributed by atoms with E-state index in [4.69, 9.17) is 0 Å². The summed E-state index contributed by atoms with van der Waals surface area (Å²) >= 11 is 0. The van der Waals surface area contributed by atoms with Gasteiger partial charge in [0.2, 0.25) is 0 Å². The third kappa shape index (κ3) is 1.11. The third-order valence-corrected chi connectivity index (χ3v) is 1.78. The third-order valence-electron chi connectivity index (χ3n) is 1.78. The maximum atomic E-state index is 4.26. The maximum absolute atomic E-state index is 4.26. The molecule has 0 saturated carbocycles. The average Bonchev–Trinajstić information content (AvgIpc) is 2.04. The van der Waals surface area contributed by atoms with Gasteiger partial charge < -0.3 is 5.32 Å². The highest BCUT2D eigenvalue weighted by atomic mass is 15.0. The Bertz CT molecular complexity index is 302. The summed E-state index contributed by atoms with van der Waals surface area (Å²) in [6, 6.07) is 2.17. The molecule has 0 saturated heterocycles. The van der Waals surface area contributed by atoms with Crippen molar-refractivity contribution in [3.05, 3.63) is 35.7 Å². The van der Waals surface area contributed by atoms with Gasteiger partial charge in [-0.05, 0) is 30.7 Å². The summed E-state index contributed by atoms with van der Waals surface area (Å²) < 4.78 is 0. The summed E-state index contributed by atoms with van der Waals surface area (Å²) in [7, 11) is 0. The largest absolute Gasteiger partial charge is 0.347 e. The molecule has 2 rings (SSSR count). The van der Waals surface area contributed by atoms with Crippen molar-refractivity contribution in [3.8, 4) is 0 Å². The number of anilines is 1. The van der Waals surface area contributed by atoms with Gasteiger partial charge in [0.25, 0.3) is 0 Å². The lowest BCUT2D eigenvalue weighted by molar-refractivity contribution is 1.13. The minimum atomic E-state index is 0.997. The van der Waals surface area contributed by atoms with Gasteiger partial charge in [-0.3, -0.25) is 0 Å². The first-order valence-electron chi connectivity index (χ1n) is 3.73. The fourth-order valence-corrected chi connectivity index (χ4v) is 1.24. The van der Waals surface area contributed by atoms with Crippen molar-refractivity contribution in [2.45, 2.75) is 13.3 Å². The predicted molar refractivity (Wildman–Crippen MR) is 45.4 cm³/mol. The van der Waals surface area contributed by atoms with Crippen molar-refractivity contribution < 1.29 is 0 Å². The highest BCUT2D eigenvalue weighted by Crippen LogP contribution is 2.17. The summed E-state index contributed by atoms with van der Waals surface area (Å²) in [5, 5.41) is 3.10. The number of nitrogens with one attached hydrogen (secondary N) is 1. The summed E-state index contributed by atoms with van der Waals surface area (Å²) in [6.07, 6.45) is 6.91. The van der Waals surface area contributed by atoms with Crippen molar-refractivity contribution >= 4 is 5.82 Å². The van der Waals surface area contributed by atoms with Crippen molar-refractivity contribution in [2.75, 3.05) is 5.32 Å². The van der Waals surface area contributed by atoms with Crippen molar-refractivity contribution in [1.82, 2.24) is 4.98 Å². The monoisotopic (exact) mass is 146 g/mol. The normalized spacial score (nSPS) is 13.9. The molecule has 1 aliphatic rings. The molecular weight excluding hydrogens is 136 g/mol. The van der Waals surface area contributed by atoms with Gasteiger partial charge in [0.15, 0.2) is 0 Å². The molecule has 2 heterocycles. The van der Waals surface area contributed by atoms with Crippen LogP contribution in [0.5, 0.6) is 0 Å². The van der Waals surface area contributed by atoms with Crippen LogP contribution in [0.3, 0.4) is 0 Å². The van der Waals surface area contributed by atoms with E-state index in [1.54, 1.807) is 0 Å². The SMILES string of the molecule is Cc1cnc2c(c1)CC=CN2. The van der Waals surface area contributed by atoms with Crippen molar-refractivity contribution in [3.63, 3.8) is 0 Å². The van der Waals surface area contributed by atoms with E-state index in [1.165, 1.54) is 11.1 Å². The zero-order valence-electron chi connectivity index (χ0n) is 6.46. The quantitative estimate of drug-likeness (QED) is 0.604. The Morgan fingerprint density at radius 3 is 3.36 bits per heavy atom. The zero-order valence-corrected chi connectivity index (χ0v) is 6.46. The molecular formula is C9H10N2. The van der Waals surface area contributed by atoms with Gasteiger partial charge in [0, 0.05) is 6.20 Å². The van der Waals surface area contributed by atoms with E-state index < -0.39 is 0 Å².